The third-order valence-corrected chi connectivity index (χ3v) is 0. The molecule has 0 atom stereocenters. The molecule has 0 bridgehead atoms. The summed E-state index contributed by atoms with van der Waals surface area (Å²) in [5.74, 6) is 0. The summed E-state index contributed by atoms with van der Waals surface area (Å²) in [5, 5.41) is 0. The van der Waals surface area contributed by atoms with Gasteiger partial charge in [-0.2, -0.15) is 0 Å². The summed E-state index contributed by atoms with van der Waals surface area (Å²) >= 11 is 0. The van der Waals surface area contributed by atoms with Crippen molar-refractivity contribution >= 4 is 38.2 Å². The predicted molar refractivity (Wildman–Crippen MR) is 30.9 cm³/mol. The summed E-state index contributed by atoms with van der Waals surface area (Å²) in [7, 11) is -10.3. The van der Waals surface area contributed by atoms with Crippen molar-refractivity contribution in [2.24, 2.45) is 0 Å². The molecule has 0 unspecified atom stereocenters. The van der Waals surface area contributed by atoms with E-state index in [4.69, 9.17) is 35.0 Å². The first kappa shape index (κ1) is 23.1. The number of hydrogen-bond donors (Lipinski definition) is 0. The largest absolute Gasteiger partial charge is 4.00 e. The van der Waals surface area contributed by atoms with Crippen LogP contribution in [0.5, 0.6) is 0 Å². The van der Waals surface area contributed by atoms with Crippen molar-refractivity contribution in [2.75, 3.05) is 0 Å². The second kappa shape index (κ2) is 8.58. The Labute approximate surface area is 94.5 Å². The van der Waals surface area contributed by atoms with Gasteiger partial charge in [-0.25, -0.2) is 0 Å². The average molecular weight is 270 g/mol. The van der Waals surface area contributed by atoms with Crippen molar-refractivity contribution in [1.82, 2.24) is 0 Å². The van der Waals surface area contributed by atoms with Crippen LogP contribution in [-0.2, 0) is 42.5 Å². The van der Waals surface area contributed by atoms with Crippen LogP contribution in [-0.4, -0.2) is 52.4 Å². The van der Waals surface area contributed by atoms with Crippen LogP contribution in [0.2, 0.25) is 0 Å². The summed E-state index contributed by atoms with van der Waals surface area (Å²) in [5.41, 5.74) is 0. The van der Waals surface area contributed by atoms with Gasteiger partial charge in [0.1, 0.15) is 0 Å². The van der Waals surface area contributed by atoms with Gasteiger partial charge in [0.15, 0.2) is 17.4 Å². The molecule has 8 nitrogen and oxygen atoms in total. The van der Waals surface area contributed by atoms with Crippen LogP contribution in [0.15, 0.2) is 0 Å². The molecule has 70 valence electrons. The maximum atomic E-state index is 8.52. The van der Waals surface area contributed by atoms with Crippen LogP contribution in [0.25, 0.3) is 0 Å². The van der Waals surface area contributed by atoms with Gasteiger partial charge < -0.3 is 18.2 Å². The quantitative estimate of drug-likeness (QED) is 0.245. The Bertz CT molecular complexity index is 213. The van der Waals surface area contributed by atoms with E-state index in [-0.39, 0.29) is 39.1 Å². The molecule has 0 amide bonds. The Balaban J connectivity index is -0.0000000457. The Hall–Kier alpha value is 0.987. The van der Waals surface area contributed by atoms with Crippen LogP contribution in [0.1, 0.15) is 0 Å². The summed E-state index contributed by atoms with van der Waals surface area (Å²) in [4.78, 5) is 0. The first-order valence-corrected chi connectivity index (χ1v) is 4.00. The minimum absolute atomic E-state index is 0. The molecule has 0 heterocycles. The molecule has 0 fully saturated rings. The summed E-state index contributed by atoms with van der Waals surface area (Å²) in [6.07, 6.45) is 0. The molecule has 0 rings (SSSR count). The van der Waals surface area contributed by atoms with Crippen molar-refractivity contribution < 1.29 is 56.8 Å². The van der Waals surface area contributed by atoms with Crippen molar-refractivity contribution in [3.05, 3.63) is 0 Å². The zero-order valence-corrected chi connectivity index (χ0v) is 7.78. The van der Waals surface area contributed by atoms with Crippen LogP contribution >= 0.6 is 0 Å². The van der Waals surface area contributed by atoms with E-state index in [1.54, 1.807) is 0 Å². The Morgan fingerprint density at radius 3 is 0.667 bits per heavy atom. The minimum atomic E-state index is -5.17. The Morgan fingerprint density at radius 2 is 0.667 bits per heavy atom. The van der Waals surface area contributed by atoms with Crippen LogP contribution in [0, 0.1) is 0 Å². The fourth-order valence-corrected chi connectivity index (χ4v) is 0. The van der Waals surface area contributed by atoms with Crippen molar-refractivity contribution in [1.29, 1.82) is 0 Å². The Morgan fingerprint density at radius 1 is 0.667 bits per heavy atom. The SMILES string of the molecule is O=S(=O)([O-])[O-].O=S(=O)([O-])[O-].[AlH3].[Ti+4]. The molecule has 12 heteroatoms. The molecule has 0 aromatic carbocycles. The molecule has 0 saturated carbocycles. The number of rotatable bonds is 0. The number of hydrogen-bond acceptors (Lipinski definition) is 8. The van der Waals surface area contributed by atoms with Gasteiger partial charge in [0.2, 0.25) is 0 Å². The van der Waals surface area contributed by atoms with Crippen molar-refractivity contribution in [2.45, 2.75) is 0 Å². The maximum absolute atomic E-state index is 8.52. The molecule has 0 aliphatic carbocycles. The third-order valence-electron chi connectivity index (χ3n) is 0. The average Bonchev–Trinajstić information content (AvgIpc) is 1.12. The van der Waals surface area contributed by atoms with Gasteiger partial charge >= 0.3 is 21.7 Å². The van der Waals surface area contributed by atoms with Gasteiger partial charge in [-0.3, -0.25) is 16.8 Å². The van der Waals surface area contributed by atoms with Crippen molar-refractivity contribution in [3.8, 4) is 0 Å². The molecular weight excluding hydrogens is 267 g/mol. The van der Waals surface area contributed by atoms with E-state index >= 15 is 0 Å². The van der Waals surface area contributed by atoms with Crippen LogP contribution in [0.4, 0.5) is 0 Å². The maximum Gasteiger partial charge on any atom is 4.00 e. The smallest absolute Gasteiger partial charge is 0.759 e. The molecule has 0 aromatic rings. The standard InChI is InChI=1S/Al.2H2O4S.Ti.3H/c;2*1-5(2,3)4;;;;/h;2*(H2,1,2,3,4);;;;/q;;;+4;;;/p-4. The zero-order valence-electron chi connectivity index (χ0n) is 4.58. The van der Waals surface area contributed by atoms with Gasteiger partial charge in [-0.1, -0.05) is 0 Å². The van der Waals surface area contributed by atoms with E-state index < -0.39 is 20.8 Å². The van der Waals surface area contributed by atoms with E-state index in [1.807, 2.05) is 0 Å². The van der Waals surface area contributed by atoms with E-state index in [2.05, 4.69) is 0 Å². The summed E-state index contributed by atoms with van der Waals surface area (Å²) in [6.45, 7) is 0. The van der Waals surface area contributed by atoms with Gasteiger partial charge in [0.25, 0.3) is 0 Å². The third kappa shape index (κ3) is 1130. The van der Waals surface area contributed by atoms with Crippen LogP contribution < -0.4 is 0 Å². The second-order valence-corrected chi connectivity index (χ2v) is 2.45. The van der Waals surface area contributed by atoms with E-state index in [9.17, 15) is 0 Å². The van der Waals surface area contributed by atoms with E-state index in [0.717, 1.165) is 0 Å². The molecular formula is H3AlO8S2Ti. The van der Waals surface area contributed by atoms with E-state index in [1.165, 1.54) is 0 Å². The molecule has 0 N–H and O–H groups in total. The topological polar surface area (TPSA) is 161 Å². The van der Waals surface area contributed by atoms with Crippen LogP contribution in [0.3, 0.4) is 0 Å². The normalized spacial score (nSPS) is 9.67. The van der Waals surface area contributed by atoms with Gasteiger partial charge in [0, 0.05) is 20.8 Å². The molecule has 0 saturated heterocycles. The van der Waals surface area contributed by atoms with Crippen molar-refractivity contribution in [3.63, 3.8) is 0 Å². The molecule has 0 spiro atoms. The van der Waals surface area contributed by atoms with Gasteiger partial charge in [-0.05, 0) is 0 Å². The minimum Gasteiger partial charge on any atom is -0.759 e. The monoisotopic (exact) mass is 270 g/mol. The summed E-state index contributed by atoms with van der Waals surface area (Å²) in [6, 6.07) is 0. The summed E-state index contributed by atoms with van der Waals surface area (Å²) < 4.78 is 68.2. The zero-order chi connectivity index (χ0) is 9.00. The fraction of sp³-hybridized carbons (Fsp3) is 0. The first-order chi connectivity index (χ1) is 4.00. The molecule has 0 radical (unpaired) electrons. The second-order valence-electron chi connectivity index (χ2n) is 0.816. The predicted octanol–water partition coefficient (Wildman–Crippen LogP) is -3.86. The Kier molecular flexibility index (Phi) is 16.5. The molecule has 0 aliphatic heterocycles. The molecule has 0 aromatic heterocycles. The molecule has 0 aliphatic rings. The van der Waals surface area contributed by atoms with E-state index in [0.29, 0.717) is 0 Å². The van der Waals surface area contributed by atoms with Gasteiger partial charge in [0.05, 0.1) is 0 Å². The van der Waals surface area contributed by atoms with Gasteiger partial charge in [-0.15, -0.1) is 0 Å². The fourth-order valence-electron chi connectivity index (χ4n) is 0. The molecule has 12 heavy (non-hydrogen) atoms. The first-order valence-electron chi connectivity index (χ1n) is 1.33.